The van der Waals surface area contributed by atoms with Gasteiger partial charge in [-0.25, -0.2) is 9.78 Å². The molecule has 68 heavy (non-hydrogen) atoms. The van der Waals surface area contributed by atoms with Crippen LogP contribution < -0.4 is 36.6 Å². The SMILES string of the molecule is C=CC(=O)Nc1cccc(Nc2nc(Nc3cccc(OCCCNC(=O)CCCC(=O)NCCCOCCOCCOCCCNC(=O)CCCC[C@@H]4SCC5=NC(=O)N=C54)c3)ncc2C)c1. The van der Waals surface area contributed by atoms with Crippen LogP contribution in [0.1, 0.15) is 69.8 Å². The van der Waals surface area contributed by atoms with Gasteiger partial charge < -0.3 is 50.8 Å². The second-order valence-corrected chi connectivity index (χ2v) is 17.0. The number of unbranched alkanes of at least 4 members (excludes halogenated alkanes) is 1. The molecule has 5 rings (SSSR count). The Labute approximate surface area is 401 Å². The maximum atomic E-state index is 12.3. The lowest BCUT2D eigenvalue weighted by atomic mass is 10.1. The van der Waals surface area contributed by atoms with Gasteiger partial charge >= 0.3 is 6.03 Å². The Hall–Kier alpha value is -6.22. The van der Waals surface area contributed by atoms with Crippen molar-refractivity contribution in [1.82, 2.24) is 25.9 Å². The van der Waals surface area contributed by atoms with E-state index in [1.54, 1.807) is 30.1 Å². The fraction of sp³-hybridized carbons (Fsp3) is 0.479. The molecule has 3 aromatic rings. The summed E-state index contributed by atoms with van der Waals surface area (Å²) in [7, 11) is 0. The van der Waals surface area contributed by atoms with Crippen LogP contribution in [0.4, 0.5) is 33.6 Å². The highest BCUT2D eigenvalue weighted by Crippen LogP contribution is 2.30. The molecular formula is C48H64N10O9S. The monoisotopic (exact) mass is 956 g/mol. The predicted molar refractivity (Wildman–Crippen MR) is 265 cm³/mol. The van der Waals surface area contributed by atoms with E-state index in [1.165, 1.54) is 6.08 Å². The lowest BCUT2D eigenvalue weighted by Crippen LogP contribution is -2.27. The van der Waals surface area contributed by atoms with Crippen molar-refractivity contribution in [2.45, 2.75) is 76.4 Å². The van der Waals surface area contributed by atoms with E-state index in [-0.39, 0.29) is 41.7 Å². The van der Waals surface area contributed by atoms with E-state index >= 15 is 0 Å². The number of amides is 6. The third-order valence-electron chi connectivity index (χ3n) is 10.3. The number of nitrogens with zero attached hydrogens (tertiary/aromatic N) is 4. The molecule has 1 saturated heterocycles. The molecule has 20 heteroatoms. The summed E-state index contributed by atoms with van der Waals surface area (Å²) in [5.74, 6) is 1.91. The third kappa shape index (κ3) is 20.3. The van der Waals surface area contributed by atoms with E-state index in [9.17, 15) is 24.0 Å². The summed E-state index contributed by atoms with van der Waals surface area (Å²) >= 11 is 1.76. The topological polar surface area (TPSA) is 245 Å². The Morgan fingerprint density at radius 2 is 1.32 bits per heavy atom. The number of urea groups is 1. The summed E-state index contributed by atoms with van der Waals surface area (Å²) in [6, 6.07) is 14.3. The Bertz CT molecular complexity index is 2210. The lowest BCUT2D eigenvalue weighted by molar-refractivity contribution is -0.123. The van der Waals surface area contributed by atoms with Crippen LogP contribution in [0, 0.1) is 6.92 Å². The van der Waals surface area contributed by atoms with Crippen LogP contribution >= 0.6 is 11.8 Å². The van der Waals surface area contributed by atoms with Gasteiger partial charge in [-0.1, -0.05) is 25.1 Å². The van der Waals surface area contributed by atoms with Crippen LogP contribution in [0.15, 0.2) is 77.4 Å². The number of nitrogens with one attached hydrogen (secondary N) is 6. The number of hydrogen-bond acceptors (Lipinski definition) is 14. The summed E-state index contributed by atoms with van der Waals surface area (Å²) in [6.07, 6.45) is 8.97. The average Bonchev–Trinajstić information content (AvgIpc) is 3.89. The number of thioether (sulfide) groups is 1. The molecular weight excluding hydrogens is 893 g/mol. The van der Waals surface area contributed by atoms with Gasteiger partial charge in [0.15, 0.2) is 0 Å². The van der Waals surface area contributed by atoms with Crippen LogP contribution in [0.2, 0.25) is 0 Å². The van der Waals surface area contributed by atoms with Crippen molar-refractivity contribution in [2.75, 3.05) is 87.6 Å². The van der Waals surface area contributed by atoms with E-state index < -0.39 is 6.03 Å². The largest absolute Gasteiger partial charge is 0.493 e. The molecule has 0 saturated carbocycles. The predicted octanol–water partition coefficient (Wildman–Crippen LogP) is 6.21. The van der Waals surface area contributed by atoms with Gasteiger partial charge in [0.2, 0.25) is 29.6 Å². The molecule has 0 radical (unpaired) electrons. The minimum absolute atomic E-state index is 0.0358. The number of hydrogen-bond donors (Lipinski definition) is 6. The van der Waals surface area contributed by atoms with Crippen LogP contribution in [0.25, 0.3) is 0 Å². The second kappa shape index (κ2) is 30.2. The Kier molecular flexibility index (Phi) is 23.4. The number of benzene rings is 2. The van der Waals surface area contributed by atoms with Crippen molar-refractivity contribution in [3.05, 3.63) is 72.9 Å². The first-order valence-corrected chi connectivity index (χ1v) is 24.2. The molecule has 1 fully saturated rings. The number of ether oxygens (including phenoxy) is 4. The molecule has 366 valence electrons. The van der Waals surface area contributed by atoms with Gasteiger partial charge in [0.05, 0.1) is 44.5 Å². The summed E-state index contributed by atoms with van der Waals surface area (Å²) < 4.78 is 22.6. The molecule has 0 unspecified atom stereocenters. The molecule has 2 aliphatic heterocycles. The molecule has 19 nitrogen and oxygen atoms in total. The fourth-order valence-corrected chi connectivity index (χ4v) is 8.01. The first-order chi connectivity index (χ1) is 33.1. The highest BCUT2D eigenvalue weighted by Gasteiger charge is 2.33. The molecule has 1 atom stereocenters. The highest BCUT2D eigenvalue weighted by molar-refractivity contribution is 8.02. The molecule has 6 N–H and O–H groups in total. The van der Waals surface area contributed by atoms with Gasteiger partial charge in [0.1, 0.15) is 11.6 Å². The van der Waals surface area contributed by atoms with E-state index in [0.717, 1.165) is 59.8 Å². The zero-order valence-corrected chi connectivity index (χ0v) is 39.6. The smallest absolute Gasteiger partial charge is 0.367 e. The molecule has 6 amide bonds. The zero-order chi connectivity index (χ0) is 48.2. The van der Waals surface area contributed by atoms with Crippen LogP contribution in [0.5, 0.6) is 5.75 Å². The summed E-state index contributed by atoms with van der Waals surface area (Å²) in [6.45, 7) is 10.1. The van der Waals surface area contributed by atoms with E-state index in [0.29, 0.717) is 115 Å². The summed E-state index contributed by atoms with van der Waals surface area (Å²) in [5.41, 5.74) is 4.59. The number of aromatic nitrogens is 2. The van der Waals surface area contributed by atoms with Crippen molar-refractivity contribution in [3.8, 4) is 5.75 Å². The molecule has 1 aromatic heterocycles. The zero-order valence-electron chi connectivity index (χ0n) is 38.8. The Balaban J connectivity index is 0.777. The quantitative estimate of drug-likeness (QED) is 0.0288. The Morgan fingerprint density at radius 1 is 0.721 bits per heavy atom. The summed E-state index contributed by atoms with van der Waals surface area (Å²) in [5, 5.41) is 18.1. The van der Waals surface area contributed by atoms with Gasteiger partial charge in [0, 0.05) is 98.0 Å². The van der Waals surface area contributed by atoms with Crippen LogP contribution in [-0.4, -0.2) is 128 Å². The van der Waals surface area contributed by atoms with Crippen molar-refractivity contribution in [3.63, 3.8) is 0 Å². The maximum absolute atomic E-state index is 12.3. The van der Waals surface area contributed by atoms with Gasteiger partial charge in [-0.05, 0) is 81.9 Å². The minimum atomic E-state index is -0.391. The van der Waals surface area contributed by atoms with Crippen LogP contribution in [0.3, 0.4) is 0 Å². The molecule has 2 aliphatic rings. The number of carbonyl (C=O) groups excluding carboxylic acids is 5. The van der Waals surface area contributed by atoms with Gasteiger partial charge in [-0.3, -0.25) is 19.2 Å². The molecule has 0 spiro atoms. The maximum Gasteiger partial charge on any atom is 0.367 e. The van der Waals surface area contributed by atoms with Gasteiger partial charge in [-0.2, -0.15) is 15.0 Å². The van der Waals surface area contributed by atoms with Crippen molar-refractivity contribution >= 4 is 81.7 Å². The average molecular weight is 957 g/mol. The summed E-state index contributed by atoms with van der Waals surface area (Å²) in [4.78, 5) is 76.6. The van der Waals surface area contributed by atoms with Gasteiger partial charge in [-0.15, -0.1) is 11.8 Å². The first kappa shape index (κ1) is 52.7. The van der Waals surface area contributed by atoms with Gasteiger partial charge in [0.25, 0.3) is 0 Å². The van der Waals surface area contributed by atoms with Crippen molar-refractivity contribution < 1.29 is 42.9 Å². The third-order valence-corrected chi connectivity index (χ3v) is 11.6. The Morgan fingerprint density at radius 3 is 2.00 bits per heavy atom. The normalized spacial score (nSPS) is 13.8. The fourth-order valence-electron chi connectivity index (χ4n) is 6.76. The first-order valence-electron chi connectivity index (χ1n) is 23.1. The number of aliphatic imine (C=N–C) groups is 2. The second-order valence-electron chi connectivity index (χ2n) is 15.8. The van der Waals surface area contributed by atoms with Crippen molar-refractivity contribution in [2.24, 2.45) is 9.98 Å². The molecule has 0 aliphatic carbocycles. The number of fused-ring (bicyclic) bond motifs is 1. The highest BCUT2D eigenvalue weighted by atomic mass is 32.2. The number of aryl methyl sites for hydroxylation is 1. The number of carbonyl (C=O) groups is 5. The molecule has 3 heterocycles. The molecule has 0 bridgehead atoms. The van der Waals surface area contributed by atoms with E-state index in [4.69, 9.17) is 18.9 Å². The van der Waals surface area contributed by atoms with E-state index in [2.05, 4.69) is 58.4 Å². The van der Waals surface area contributed by atoms with E-state index in [1.807, 2.05) is 43.3 Å². The standard InChI is InChI=1S/C48H64N10O9S/c1-3-41(59)53-35-12-6-13-36(30-35)54-46-34(2)32-52-47(58-46)55-37-14-7-15-38(31-37)67-25-11-22-51-44(62)19-8-18-43(61)50-21-10-24-65-27-29-66-28-26-64-23-9-20-49-42(60)17-5-4-16-40-45-39(33-68-40)56-48(63)57-45/h3,6-7,12-15,30-32,40H,1,4-5,8-11,16-29,33H2,2H3,(H,49,60)(H,50,61)(H,51,62)(H,53,59)(H2,52,54,55,58)/t40-/m0/s1. The number of anilines is 5. The minimum Gasteiger partial charge on any atom is -0.493 e. The van der Waals surface area contributed by atoms with Crippen LogP contribution in [-0.2, 0) is 33.4 Å². The number of rotatable bonds is 34. The lowest BCUT2D eigenvalue weighted by Gasteiger charge is -2.13. The van der Waals surface area contributed by atoms with Crippen molar-refractivity contribution in [1.29, 1.82) is 0 Å². The molecule has 2 aromatic carbocycles.